The summed E-state index contributed by atoms with van der Waals surface area (Å²) in [7, 11) is 0. The molecule has 0 atom stereocenters. The second-order valence-electron chi connectivity index (χ2n) is 6.29. The zero-order valence-electron chi connectivity index (χ0n) is 15.3. The number of carbonyl (C=O) groups is 1. The van der Waals surface area contributed by atoms with E-state index >= 15 is 0 Å². The van der Waals surface area contributed by atoms with Gasteiger partial charge in [-0.15, -0.1) is 0 Å². The number of nitrogens with zero attached hydrogens (tertiary/aromatic N) is 2. The van der Waals surface area contributed by atoms with Crippen molar-refractivity contribution in [1.82, 2.24) is 14.5 Å². The van der Waals surface area contributed by atoms with E-state index in [9.17, 15) is 14.7 Å². The number of aromatic amines is 1. The van der Waals surface area contributed by atoms with Crippen molar-refractivity contribution >= 4 is 28.5 Å². The molecule has 0 unspecified atom stereocenters. The Balaban J connectivity index is 2.41. The van der Waals surface area contributed by atoms with Crippen LogP contribution >= 0.6 is 11.6 Å². The number of aryl methyl sites for hydroxylation is 2. The molecule has 0 aliphatic carbocycles. The normalized spacial score (nSPS) is 11.6. The Hall–Kier alpha value is -2.86. The number of H-pyrrole nitrogens is 1. The Bertz CT molecular complexity index is 1130. The lowest BCUT2D eigenvalue weighted by Gasteiger charge is -2.13. The minimum absolute atomic E-state index is 0.0487. The molecule has 0 aliphatic heterocycles. The highest BCUT2D eigenvalue weighted by atomic mass is 35.5. The van der Waals surface area contributed by atoms with Gasteiger partial charge >= 0.3 is 5.97 Å². The number of rotatable bonds is 5. The highest BCUT2D eigenvalue weighted by Crippen LogP contribution is 2.33. The van der Waals surface area contributed by atoms with Gasteiger partial charge in [0, 0.05) is 35.6 Å². The van der Waals surface area contributed by atoms with Crippen molar-refractivity contribution in [2.45, 2.75) is 33.7 Å². The van der Waals surface area contributed by atoms with E-state index in [1.807, 2.05) is 39.0 Å². The molecule has 3 aromatic heterocycles. The van der Waals surface area contributed by atoms with Crippen LogP contribution < -0.4 is 5.56 Å². The van der Waals surface area contributed by atoms with E-state index in [0.717, 1.165) is 5.69 Å². The lowest BCUT2D eigenvalue weighted by Crippen LogP contribution is -2.20. The van der Waals surface area contributed by atoms with Gasteiger partial charge < -0.3 is 14.7 Å². The maximum absolute atomic E-state index is 12.8. The number of hydrogen-bond donors (Lipinski definition) is 2. The van der Waals surface area contributed by atoms with Crippen LogP contribution in [0, 0.1) is 6.92 Å². The van der Waals surface area contributed by atoms with Gasteiger partial charge in [-0.3, -0.25) is 9.78 Å². The van der Waals surface area contributed by atoms with Gasteiger partial charge in [-0.25, -0.2) is 4.79 Å². The third-order valence-corrected chi connectivity index (χ3v) is 4.91. The average Bonchev–Trinajstić information content (AvgIpc) is 3.02. The molecular formula is C20H20ClN3O3. The van der Waals surface area contributed by atoms with Crippen LogP contribution in [0.4, 0.5) is 0 Å². The molecule has 3 heterocycles. The minimum atomic E-state index is -1.15. The van der Waals surface area contributed by atoms with Crippen molar-refractivity contribution in [2.24, 2.45) is 0 Å². The molecule has 0 aromatic carbocycles. The van der Waals surface area contributed by atoms with Crippen molar-refractivity contribution in [3.63, 3.8) is 0 Å². The van der Waals surface area contributed by atoms with Crippen molar-refractivity contribution in [1.29, 1.82) is 0 Å². The summed E-state index contributed by atoms with van der Waals surface area (Å²) in [6.45, 7) is 5.98. The van der Waals surface area contributed by atoms with Gasteiger partial charge in [-0.05, 0) is 31.9 Å². The van der Waals surface area contributed by atoms with E-state index in [4.69, 9.17) is 11.6 Å². The van der Waals surface area contributed by atoms with Crippen LogP contribution in [0.5, 0.6) is 0 Å². The zero-order chi connectivity index (χ0) is 19.7. The smallest absolute Gasteiger partial charge is 0.339 e. The monoisotopic (exact) mass is 385 g/mol. The topological polar surface area (TPSA) is 88.0 Å². The molecule has 0 bridgehead atoms. The number of nitrogens with one attached hydrogen (secondary N) is 1. The quantitative estimate of drug-likeness (QED) is 0.644. The lowest BCUT2D eigenvalue weighted by atomic mass is 10.0. The second kappa shape index (κ2) is 7.40. The summed E-state index contributed by atoms with van der Waals surface area (Å²) in [6.07, 6.45) is 7.52. The molecule has 0 aliphatic rings. The average molecular weight is 386 g/mol. The molecule has 7 heteroatoms. The summed E-state index contributed by atoms with van der Waals surface area (Å²) in [5, 5.41) is 10.6. The van der Waals surface area contributed by atoms with Gasteiger partial charge in [0.05, 0.1) is 10.7 Å². The number of carboxylic acid groups (broad SMARTS) is 1. The lowest BCUT2D eigenvalue weighted by molar-refractivity contribution is 0.0697. The van der Waals surface area contributed by atoms with Crippen LogP contribution in [-0.2, 0) is 13.0 Å². The van der Waals surface area contributed by atoms with Gasteiger partial charge in [0.2, 0.25) is 0 Å². The van der Waals surface area contributed by atoms with Gasteiger partial charge in [0.15, 0.2) is 0 Å². The number of hydrogen-bond acceptors (Lipinski definition) is 3. The molecule has 3 rings (SSSR count). The number of aromatic carboxylic acids is 1. The van der Waals surface area contributed by atoms with Crippen molar-refractivity contribution < 1.29 is 9.90 Å². The first-order valence-corrected chi connectivity index (χ1v) is 9.01. The molecule has 0 saturated carbocycles. The Morgan fingerprint density at radius 1 is 1.44 bits per heavy atom. The number of halogens is 1. The maximum atomic E-state index is 12.8. The van der Waals surface area contributed by atoms with E-state index in [2.05, 4.69) is 9.97 Å². The SMILES string of the molecule is CC=CCn1cc(-c2ncc(CC)c(Cl)c2C(=O)O)c2cc(C)[nH]c2c1=O. The number of pyridine rings is 2. The Kier molecular flexibility index (Phi) is 5.19. The first kappa shape index (κ1) is 18.9. The molecular weight excluding hydrogens is 366 g/mol. The van der Waals surface area contributed by atoms with Crippen LogP contribution in [-0.4, -0.2) is 25.6 Å². The van der Waals surface area contributed by atoms with Crippen LogP contribution in [0.1, 0.15) is 35.5 Å². The minimum Gasteiger partial charge on any atom is -0.478 e. The fourth-order valence-corrected chi connectivity index (χ4v) is 3.47. The Morgan fingerprint density at radius 3 is 2.81 bits per heavy atom. The molecule has 3 aromatic rings. The van der Waals surface area contributed by atoms with E-state index in [1.54, 1.807) is 12.4 Å². The Morgan fingerprint density at radius 2 is 2.19 bits per heavy atom. The van der Waals surface area contributed by atoms with Gasteiger partial charge in [0.25, 0.3) is 5.56 Å². The summed E-state index contributed by atoms with van der Waals surface area (Å²) in [4.78, 5) is 32.2. The third-order valence-electron chi connectivity index (χ3n) is 4.48. The highest BCUT2D eigenvalue weighted by molar-refractivity contribution is 6.35. The molecule has 0 spiro atoms. The van der Waals surface area contributed by atoms with Crippen LogP contribution in [0.25, 0.3) is 22.2 Å². The second-order valence-corrected chi connectivity index (χ2v) is 6.67. The maximum Gasteiger partial charge on any atom is 0.339 e. The van der Waals surface area contributed by atoms with Crippen LogP contribution in [0.15, 0.2) is 35.4 Å². The molecule has 0 saturated heterocycles. The number of allylic oxidation sites excluding steroid dienone is 2. The van der Waals surface area contributed by atoms with Gasteiger partial charge in [0.1, 0.15) is 11.1 Å². The van der Waals surface area contributed by atoms with Crippen LogP contribution in [0.2, 0.25) is 5.02 Å². The highest BCUT2D eigenvalue weighted by Gasteiger charge is 2.23. The molecule has 2 N–H and O–H groups in total. The van der Waals surface area contributed by atoms with E-state index in [0.29, 0.717) is 35.0 Å². The first-order valence-electron chi connectivity index (χ1n) is 8.63. The largest absolute Gasteiger partial charge is 0.478 e. The van der Waals surface area contributed by atoms with E-state index in [-0.39, 0.29) is 21.8 Å². The van der Waals surface area contributed by atoms with Gasteiger partial charge in [-0.1, -0.05) is 30.7 Å². The summed E-state index contributed by atoms with van der Waals surface area (Å²) in [5.74, 6) is -1.15. The Labute approximate surface area is 161 Å². The molecule has 0 radical (unpaired) electrons. The predicted molar refractivity (Wildman–Crippen MR) is 107 cm³/mol. The fourth-order valence-electron chi connectivity index (χ4n) is 3.12. The molecule has 27 heavy (non-hydrogen) atoms. The number of aromatic nitrogens is 3. The molecule has 0 amide bonds. The first-order chi connectivity index (χ1) is 12.9. The van der Waals surface area contributed by atoms with E-state index < -0.39 is 5.97 Å². The van der Waals surface area contributed by atoms with Crippen LogP contribution in [0.3, 0.4) is 0 Å². The predicted octanol–water partition coefficient (Wildman–Crippen LogP) is 4.19. The summed E-state index contributed by atoms with van der Waals surface area (Å²) in [5.41, 5.74) is 2.48. The van der Waals surface area contributed by atoms with E-state index in [1.165, 1.54) is 4.57 Å². The molecule has 140 valence electrons. The van der Waals surface area contributed by atoms with Gasteiger partial charge in [-0.2, -0.15) is 0 Å². The zero-order valence-corrected chi connectivity index (χ0v) is 16.1. The summed E-state index contributed by atoms with van der Waals surface area (Å²) >= 11 is 6.36. The van der Waals surface area contributed by atoms with Crippen molar-refractivity contribution in [3.8, 4) is 11.3 Å². The molecule has 6 nitrogen and oxygen atoms in total. The molecule has 0 fully saturated rings. The van der Waals surface area contributed by atoms with Crippen molar-refractivity contribution in [2.75, 3.05) is 0 Å². The summed E-state index contributed by atoms with van der Waals surface area (Å²) in [6, 6.07) is 1.82. The number of carboxylic acids is 1. The fraction of sp³-hybridized carbons (Fsp3) is 0.250. The van der Waals surface area contributed by atoms with Crippen molar-refractivity contribution in [3.05, 3.63) is 62.8 Å². The standard InChI is InChI=1S/C20H20ClN3O3/c1-4-6-7-24-10-14(13-8-11(3)23-18(13)19(24)25)17-15(20(26)27)16(21)12(5-2)9-22-17/h4,6,8-10,23H,5,7H2,1-3H3,(H,26,27). The summed E-state index contributed by atoms with van der Waals surface area (Å²) < 4.78 is 1.53. The number of fused-ring (bicyclic) bond motifs is 1. The third kappa shape index (κ3) is 3.28.